The van der Waals surface area contributed by atoms with E-state index in [1.165, 1.54) is 6.26 Å². The number of benzene rings is 1. The second-order valence-corrected chi connectivity index (χ2v) is 11.5. The SMILES string of the molecule is CS(=O)(=O)NC(c1ccccc1)[C@H]1[C@H]2C[C@H]3C[C@](Cl)(C2)C[C@@]1(Cl)C3. The van der Waals surface area contributed by atoms with Crippen LogP contribution in [0.3, 0.4) is 0 Å². The van der Waals surface area contributed by atoms with Crippen LogP contribution in [0.15, 0.2) is 30.3 Å². The van der Waals surface area contributed by atoms with Crippen molar-refractivity contribution in [1.29, 1.82) is 0 Å². The average molecular weight is 388 g/mol. The Morgan fingerprint density at radius 3 is 2.46 bits per heavy atom. The van der Waals surface area contributed by atoms with Gasteiger partial charge in [-0.05, 0) is 49.5 Å². The smallest absolute Gasteiger partial charge is 0.209 e. The van der Waals surface area contributed by atoms with Crippen molar-refractivity contribution in [2.24, 2.45) is 17.8 Å². The molecule has 3 nitrogen and oxygen atoms in total. The van der Waals surface area contributed by atoms with Crippen LogP contribution in [0.2, 0.25) is 0 Å². The van der Waals surface area contributed by atoms with Crippen LogP contribution in [-0.4, -0.2) is 24.4 Å². The van der Waals surface area contributed by atoms with Gasteiger partial charge in [0.1, 0.15) is 0 Å². The van der Waals surface area contributed by atoms with Crippen molar-refractivity contribution in [3.63, 3.8) is 0 Å². The molecular formula is C18H23Cl2NO2S. The molecule has 0 aliphatic heterocycles. The van der Waals surface area contributed by atoms with Gasteiger partial charge in [-0.15, -0.1) is 23.2 Å². The molecule has 4 bridgehead atoms. The van der Waals surface area contributed by atoms with E-state index in [1.54, 1.807) is 0 Å². The van der Waals surface area contributed by atoms with Gasteiger partial charge in [-0.1, -0.05) is 30.3 Å². The summed E-state index contributed by atoms with van der Waals surface area (Å²) in [7, 11) is -3.34. The summed E-state index contributed by atoms with van der Waals surface area (Å²) < 4.78 is 27.0. The molecule has 6 atom stereocenters. The van der Waals surface area contributed by atoms with E-state index in [0.29, 0.717) is 11.8 Å². The maximum absolute atomic E-state index is 12.0. The summed E-state index contributed by atoms with van der Waals surface area (Å²) in [6, 6.07) is 9.54. The first-order valence-corrected chi connectivity index (χ1v) is 11.2. The third kappa shape index (κ3) is 3.00. The highest BCUT2D eigenvalue weighted by Gasteiger charge is 2.63. The molecule has 0 aromatic heterocycles. The Kier molecular flexibility index (Phi) is 4.00. The second kappa shape index (κ2) is 5.60. The molecule has 4 saturated carbocycles. The number of nitrogens with one attached hydrogen (secondary N) is 1. The summed E-state index contributed by atoms with van der Waals surface area (Å²) in [6.07, 6.45) is 6.06. The zero-order valence-electron chi connectivity index (χ0n) is 13.7. The van der Waals surface area contributed by atoms with E-state index in [2.05, 4.69) is 4.72 Å². The molecule has 5 rings (SSSR count). The Bertz CT molecular complexity index is 741. The number of halogens is 2. The molecule has 4 aliphatic carbocycles. The van der Waals surface area contributed by atoms with Gasteiger partial charge in [0.25, 0.3) is 0 Å². The lowest BCUT2D eigenvalue weighted by Gasteiger charge is -2.63. The molecule has 1 unspecified atom stereocenters. The Balaban J connectivity index is 1.76. The first-order chi connectivity index (χ1) is 11.2. The van der Waals surface area contributed by atoms with Gasteiger partial charge in [0.2, 0.25) is 10.0 Å². The first-order valence-electron chi connectivity index (χ1n) is 8.58. The fraction of sp³-hybridized carbons (Fsp3) is 0.667. The van der Waals surface area contributed by atoms with Crippen LogP contribution in [0.5, 0.6) is 0 Å². The molecule has 24 heavy (non-hydrogen) atoms. The molecule has 6 heteroatoms. The van der Waals surface area contributed by atoms with E-state index < -0.39 is 14.9 Å². The molecule has 1 aromatic rings. The lowest BCUT2D eigenvalue weighted by atomic mass is 9.49. The van der Waals surface area contributed by atoms with Crippen LogP contribution in [0.4, 0.5) is 0 Å². The Hall–Kier alpha value is -0.290. The summed E-state index contributed by atoms with van der Waals surface area (Å²) in [5.41, 5.74) is 0.990. The van der Waals surface area contributed by atoms with E-state index in [0.717, 1.165) is 37.7 Å². The molecule has 0 heterocycles. The fourth-order valence-electron chi connectivity index (χ4n) is 5.80. The predicted molar refractivity (Wildman–Crippen MR) is 97.9 cm³/mol. The lowest BCUT2D eigenvalue weighted by Crippen LogP contribution is -2.62. The van der Waals surface area contributed by atoms with E-state index >= 15 is 0 Å². The summed E-state index contributed by atoms with van der Waals surface area (Å²) in [5, 5.41) is 0. The second-order valence-electron chi connectivity index (χ2n) is 8.14. The number of hydrogen-bond acceptors (Lipinski definition) is 2. The first kappa shape index (κ1) is 17.1. The van der Waals surface area contributed by atoms with Crippen molar-refractivity contribution in [3.05, 3.63) is 35.9 Å². The Morgan fingerprint density at radius 1 is 1.17 bits per heavy atom. The molecule has 0 radical (unpaired) electrons. The normalized spacial score (nSPS) is 42.2. The third-order valence-electron chi connectivity index (χ3n) is 6.12. The minimum atomic E-state index is -3.34. The van der Waals surface area contributed by atoms with Gasteiger partial charge in [-0.25, -0.2) is 13.1 Å². The van der Waals surface area contributed by atoms with Gasteiger partial charge < -0.3 is 0 Å². The molecule has 0 saturated heterocycles. The molecule has 0 amide bonds. The Labute approximate surface area is 154 Å². The lowest BCUT2D eigenvalue weighted by molar-refractivity contribution is -0.0212. The van der Waals surface area contributed by atoms with Crippen molar-refractivity contribution in [2.75, 3.05) is 6.26 Å². The van der Waals surface area contributed by atoms with Gasteiger partial charge in [0.15, 0.2) is 0 Å². The van der Waals surface area contributed by atoms with Crippen LogP contribution < -0.4 is 4.72 Å². The number of alkyl halides is 2. The van der Waals surface area contributed by atoms with Crippen LogP contribution in [0, 0.1) is 17.8 Å². The standard InChI is InChI=1S/C18H23Cl2NO2S/c1-24(22,23)21-16(13-5-3-2-4-6-13)15-14-7-12-8-17(19,10-14)11-18(15,20)9-12/h2-6,12,14-16,21H,7-11H2,1H3/t12-,14-,15+,16?,17-,18-/m0/s1. The van der Waals surface area contributed by atoms with Crippen molar-refractivity contribution < 1.29 is 8.42 Å². The molecule has 0 spiro atoms. The number of hydrogen-bond donors (Lipinski definition) is 1. The van der Waals surface area contributed by atoms with Gasteiger partial charge in [-0.3, -0.25) is 0 Å². The molecular weight excluding hydrogens is 365 g/mol. The van der Waals surface area contributed by atoms with Crippen molar-refractivity contribution in [2.45, 2.75) is 47.9 Å². The van der Waals surface area contributed by atoms with Crippen LogP contribution in [-0.2, 0) is 10.0 Å². The molecule has 1 aromatic carbocycles. The minimum absolute atomic E-state index is 0.0831. The quantitative estimate of drug-likeness (QED) is 0.791. The average Bonchev–Trinajstić information content (AvgIpc) is 2.42. The van der Waals surface area contributed by atoms with Crippen LogP contribution in [0.25, 0.3) is 0 Å². The number of sulfonamides is 1. The highest BCUT2D eigenvalue weighted by Crippen LogP contribution is 2.66. The third-order valence-corrected chi connectivity index (χ3v) is 7.79. The molecule has 132 valence electrons. The summed E-state index contributed by atoms with van der Waals surface area (Å²) in [6.45, 7) is 0. The van der Waals surface area contributed by atoms with E-state index in [9.17, 15) is 8.42 Å². The summed E-state index contributed by atoms with van der Waals surface area (Å²) >= 11 is 14.0. The van der Waals surface area contributed by atoms with E-state index in [-0.39, 0.29) is 16.8 Å². The van der Waals surface area contributed by atoms with Gasteiger partial charge in [-0.2, -0.15) is 0 Å². The summed E-state index contributed by atoms with van der Waals surface area (Å²) in [4.78, 5) is -0.597. The summed E-state index contributed by atoms with van der Waals surface area (Å²) in [5.74, 6) is 1.04. The van der Waals surface area contributed by atoms with E-state index in [4.69, 9.17) is 23.2 Å². The maximum atomic E-state index is 12.0. The highest BCUT2D eigenvalue weighted by molar-refractivity contribution is 7.88. The van der Waals surface area contributed by atoms with Gasteiger partial charge in [0.05, 0.1) is 17.2 Å². The van der Waals surface area contributed by atoms with Crippen molar-refractivity contribution in [1.82, 2.24) is 4.72 Å². The topological polar surface area (TPSA) is 46.2 Å². The highest BCUT2D eigenvalue weighted by atomic mass is 35.5. The molecule has 1 N–H and O–H groups in total. The van der Waals surface area contributed by atoms with Crippen LogP contribution in [0.1, 0.15) is 43.7 Å². The fourth-order valence-corrected chi connectivity index (χ4v) is 8.05. The van der Waals surface area contributed by atoms with E-state index in [1.807, 2.05) is 30.3 Å². The monoisotopic (exact) mass is 387 g/mol. The van der Waals surface area contributed by atoms with Crippen LogP contribution >= 0.6 is 23.2 Å². The zero-order valence-corrected chi connectivity index (χ0v) is 16.0. The minimum Gasteiger partial charge on any atom is -0.213 e. The zero-order chi connectivity index (χ0) is 17.2. The maximum Gasteiger partial charge on any atom is 0.209 e. The molecule has 4 aliphatic rings. The predicted octanol–water partition coefficient (Wildman–Crippen LogP) is 4.07. The van der Waals surface area contributed by atoms with Gasteiger partial charge >= 0.3 is 0 Å². The molecule has 4 fully saturated rings. The van der Waals surface area contributed by atoms with Crippen molar-refractivity contribution in [3.8, 4) is 0 Å². The number of rotatable bonds is 4. The Morgan fingerprint density at radius 2 is 1.88 bits per heavy atom. The largest absolute Gasteiger partial charge is 0.213 e. The van der Waals surface area contributed by atoms with Gasteiger partial charge in [0, 0.05) is 10.8 Å². The van der Waals surface area contributed by atoms with Crippen molar-refractivity contribution >= 4 is 33.2 Å².